The summed E-state index contributed by atoms with van der Waals surface area (Å²) in [6.07, 6.45) is 1.70. The summed E-state index contributed by atoms with van der Waals surface area (Å²) in [5.41, 5.74) is 2.39. The van der Waals surface area contributed by atoms with E-state index in [2.05, 4.69) is 15.9 Å². The molecule has 0 radical (unpaired) electrons. The molecule has 0 saturated carbocycles. The predicted molar refractivity (Wildman–Crippen MR) is 166 cm³/mol. The number of thiazole rings is 1. The first kappa shape index (κ1) is 30.0. The maximum atomic E-state index is 14.1. The summed E-state index contributed by atoms with van der Waals surface area (Å²) in [5.74, 6) is 0.133. The summed E-state index contributed by atoms with van der Waals surface area (Å²) >= 11 is 4.63. The van der Waals surface area contributed by atoms with Gasteiger partial charge in [0.15, 0.2) is 16.3 Å². The minimum Gasteiger partial charge on any atom is -0.497 e. The van der Waals surface area contributed by atoms with Crippen LogP contribution in [0.15, 0.2) is 86.6 Å². The van der Waals surface area contributed by atoms with Gasteiger partial charge >= 0.3 is 11.9 Å². The molecule has 1 atom stereocenters. The lowest BCUT2D eigenvalue weighted by Crippen LogP contribution is -2.40. The van der Waals surface area contributed by atoms with Crippen molar-refractivity contribution < 1.29 is 28.5 Å². The lowest BCUT2D eigenvalue weighted by molar-refractivity contribution is -0.139. The molecule has 0 saturated heterocycles. The summed E-state index contributed by atoms with van der Waals surface area (Å²) in [7, 11) is 3.03. The van der Waals surface area contributed by atoms with Crippen LogP contribution in [0.4, 0.5) is 0 Å². The Hall–Kier alpha value is -4.48. The van der Waals surface area contributed by atoms with Crippen molar-refractivity contribution in [3.8, 4) is 17.2 Å². The molecule has 0 amide bonds. The number of ether oxygens (including phenoxy) is 4. The molecule has 0 aliphatic carbocycles. The third-order valence-electron chi connectivity index (χ3n) is 6.60. The zero-order valence-electron chi connectivity index (χ0n) is 23.8. The SMILES string of the molecule is CCOC(=O)C1=C(c2ccccc2)N=c2s/c(=C\c3cc(Br)c(OC(C)=O)c(OC)c3)c(=O)n2[C@@H]1c1ccc(OC)cc1. The van der Waals surface area contributed by atoms with E-state index in [4.69, 9.17) is 23.9 Å². The fraction of sp³-hybridized carbons (Fsp3) is 0.188. The Balaban J connectivity index is 1.78. The number of hydrogen-bond donors (Lipinski definition) is 0. The molecule has 1 aromatic heterocycles. The fourth-order valence-electron chi connectivity index (χ4n) is 4.76. The van der Waals surface area contributed by atoms with Crippen LogP contribution >= 0.6 is 27.3 Å². The van der Waals surface area contributed by atoms with E-state index in [1.54, 1.807) is 44.4 Å². The van der Waals surface area contributed by atoms with Gasteiger partial charge in [0.1, 0.15) is 5.75 Å². The molecule has 0 unspecified atom stereocenters. The van der Waals surface area contributed by atoms with Crippen molar-refractivity contribution in [3.63, 3.8) is 0 Å². The van der Waals surface area contributed by atoms with Crippen molar-refractivity contribution in [3.05, 3.63) is 113 Å². The quantitative estimate of drug-likeness (QED) is 0.200. The highest BCUT2D eigenvalue weighted by atomic mass is 79.9. The third kappa shape index (κ3) is 6.04. The number of aromatic nitrogens is 1. The molecule has 220 valence electrons. The number of rotatable bonds is 8. The highest BCUT2D eigenvalue weighted by molar-refractivity contribution is 9.10. The van der Waals surface area contributed by atoms with Gasteiger partial charge in [-0.1, -0.05) is 53.8 Å². The predicted octanol–water partition coefficient (Wildman–Crippen LogP) is 4.64. The van der Waals surface area contributed by atoms with Gasteiger partial charge in [-0.15, -0.1) is 0 Å². The summed E-state index contributed by atoms with van der Waals surface area (Å²) < 4.78 is 24.0. The molecule has 43 heavy (non-hydrogen) atoms. The van der Waals surface area contributed by atoms with Crippen molar-refractivity contribution in [1.29, 1.82) is 0 Å². The Kier molecular flexibility index (Phi) is 8.93. The molecular formula is C32H27BrN2O7S. The Morgan fingerprint density at radius 3 is 2.40 bits per heavy atom. The van der Waals surface area contributed by atoms with Crippen molar-refractivity contribution in [2.24, 2.45) is 4.99 Å². The third-order valence-corrected chi connectivity index (χ3v) is 8.17. The van der Waals surface area contributed by atoms with E-state index in [1.165, 1.54) is 29.9 Å². The van der Waals surface area contributed by atoms with Crippen LogP contribution in [0.1, 0.15) is 36.6 Å². The number of methoxy groups -OCH3 is 2. The van der Waals surface area contributed by atoms with E-state index >= 15 is 0 Å². The Morgan fingerprint density at radius 2 is 1.77 bits per heavy atom. The van der Waals surface area contributed by atoms with Crippen LogP contribution < -0.4 is 29.1 Å². The van der Waals surface area contributed by atoms with Crippen molar-refractivity contribution in [2.45, 2.75) is 19.9 Å². The second kappa shape index (κ2) is 12.8. The van der Waals surface area contributed by atoms with Gasteiger partial charge < -0.3 is 18.9 Å². The zero-order chi connectivity index (χ0) is 30.7. The van der Waals surface area contributed by atoms with E-state index in [0.29, 0.717) is 42.1 Å². The second-order valence-corrected chi connectivity index (χ2v) is 11.2. The topological polar surface area (TPSA) is 105 Å². The number of carbonyl (C=O) groups excluding carboxylic acids is 2. The molecule has 2 heterocycles. The van der Waals surface area contributed by atoms with E-state index in [-0.39, 0.29) is 23.5 Å². The molecule has 3 aromatic carbocycles. The van der Waals surface area contributed by atoms with Gasteiger partial charge in [0.05, 0.1) is 47.1 Å². The first-order valence-corrected chi connectivity index (χ1v) is 14.8. The summed E-state index contributed by atoms with van der Waals surface area (Å²) in [6, 6.07) is 19.1. The monoisotopic (exact) mass is 662 g/mol. The molecule has 0 N–H and O–H groups in total. The van der Waals surface area contributed by atoms with E-state index in [9.17, 15) is 14.4 Å². The molecule has 1 aliphatic rings. The van der Waals surface area contributed by atoms with E-state index in [0.717, 1.165) is 5.56 Å². The van der Waals surface area contributed by atoms with Gasteiger partial charge in [0.2, 0.25) is 0 Å². The Morgan fingerprint density at radius 1 is 1.05 bits per heavy atom. The van der Waals surface area contributed by atoms with Crippen molar-refractivity contribution >= 4 is 51.0 Å². The molecule has 0 bridgehead atoms. The number of esters is 2. The highest BCUT2D eigenvalue weighted by Gasteiger charge is 2.35. The van der Waals surface area contributed by atoms with Crippen LogP contribution in [0.3, 0.4) is 0 Å². The largest absolute Gasteiger partial charge is 0.497 e. The molecule has 1 aliphatic heterocycles. The number of hydrogen-bond acceptors (Lipinski definition) is 9. The maximum Gasteiger partial charge on any atom is 0.338 e. The van der Waals surface area contributed by atoms with E-state index < -0.39 is 18.0 Å². The highest BCUT2D eigenvalue weighted by Crippen LogP contribution is 2.38. The molecule has 4 aromatic rings. The van der Waals surface area contributed by atoms with Crippen LogP contribution in [0.5, 0.6) is 17.2 Å². The molecule has 0 fully saturated rings. The zero-order valence-corrected chi connectivity index (χ0v) is 26.2. The van der Waals surface area contributed by atoms with Gasteiger partial charge in [-0.25, -0.2) is 9.79 Å². The van der Waals surface area contributed by atoms with Crippen LogP contribution in [-0.2, 0) is 14.3 Å². The average Bonchev–Trinajstić information content (AvgIpc) is 3.32. The summed E-state index contributed by atoms with van der Waals surface area (Å²) in [4.78, 5) is 44.6. The number of carbonyl (C=O) groups is 2. The number of benzene rings is 3. The van der Waals surface area contributed by atoms with Crippen LogP contribution in [0.2, 0.25) is 0 Å². The van der Waals surface area contributed by atoms with Crippen LogP contribution in [0, 0.1) is 0 Å². The van der Waals surface area contributed by atoms with Crippen molar-refractivity contribution in [2.75, 3.05) is 20.8 Å². The lowest BCUT2D eigenvalue weighted by Gasteiger charge is -2.26. The second-order valence-electron chi connectivity index (χ2n) is 9.33. The first-order chi connectivity index (χ1) is 20.7. The maximum absolute atomic E-state index is 14.1. The molecule has 0 spiro atoms. The molecular weight excluding hydrogens is 636 g/mol. The number of halogens is 1. The number of fused-ring (bicyclic) bond motifs is 1. The Bertz CT molecular complexity index is 1910. The minimum absolute atomic E-state index is 0.157. The smallest absolute Gasteiger partial charge is 0.338 e. The first-order valence-electron chi connectivity index (χ1n) is 13.2. The normalized spacial score (nSPS) is 14.5. The van der Waals surface area contributed by atoms with Gasteiger partial charge in [0, 0.05) is 12.5 Å². The van der Waals surface area contributed by atoms with Gasteiger partial charge in [-0.2, -0.15) is 0 Å². The Labute approximate surface area is 259 Å². The van der Waals surface area contributed by atoms with Crippen LogP contribution in [-0.4, -0.2) is 37.3 Å². The standard InChI is InChI=1S/C32H27BrN2O7S/c1-5-41-31(38)26-27(20-9-7-6-8-10-20)34-32-35(28(26)21-11-13-22(39-3)14-12-21)30(37)25(43-32)17-19-15-23(33)29(42-18(2)36)24(16-19)40-4/h6-17,28H,5H2,1-4H3/b25-17-/t28-/m1/s1. The van der Waals surface area contributed by atoms with Crippen molar-refractivity contribution in [1.82, 2.24) is 4.57 Å². The minimum atomic E-state index is -0.814. The van der Waals surface area contributed by atoms with Gasteiger partial charge in [-0.05, 0) is 64.3 Å². The van der Waals surface area contributed by atoms with Crippen LogP contribution in [0.25, 0.3) is 11.8 Å². The van der Waals surface area contributed by atoms with E-state index in [1.807, 2.05) is 42.5 Å². The van der Waals surface area contributed by atoms with Gasteiger partial charge in [-0.3, -0.25) is 14.2 Å². The summed E-state index contributed by atoms with van der Waals surface area (Å²) in [6.45, 7) is 3.19. The van der Waals surface area contributed by atoms with Gasteiger partial charge in [0.25, 0.3) is 5.56 Å². The average molecular weight is 664 g/mol. The fourth-order valence-corrected chi connectivity index (χ4v) is 6.30. The molecule has 9 nitrogen and oxygen atoms in total. The molecule has 5 rings (SSSR count). The summed E-state index contributed by atoms with van der Waals surface area (Å²) in [5, 5.41) is 0. The number of nitrogens with zero attached hydrogens (tertiary/aromatic N) is 2. The molecule has 11 heteroatoms. The lowest BCUT2D eigenvalue weighted by atomic mass is 9.93.